The molecule has 8 heteroatoms. The van der Waals surface area contributed by atoms with Crippen molar-refractivity contribution >= 4 is 28.1 Å². The van der Waals surface area contributed by atoms with E-state index >= 15 is 0 Å². The van der Waals surface area contributed by atoms with E-state index in [0.717, 1.165) is 40.0 Å². The number of carbonyl (C=O) groups is 2. The third kappa shape index (κ3) is 2.68. The first-order valence-electron chi connectivity index (χ1n) is 11.8. The van der Waals surface area contributed by atoms with Crippen molar-refractivity contribution in [3.05, 3.63) is 46.2 Å². The van der Waals surface area contributed by atoms with E-state index in [4.69, 9.17) is 5.10 Å². The quantitative estimate of drug-likeness (QED) is 0.555. The summed E-state index contributed by atoms with van der Waals surface area (Å²) in [6.07, 6.45) is 9.36. The lowest BCUT2D eigenvalue weighted by atomic mass is 9.49. The lowest BCUT2D eigenvalue weighted by Crippen LogP contribution is -2.49. The third-order valence-electron chi connectivity index (χ3n) is 8.20. The summed E-state index contributed by atoms with van der Waals surface area (Å²) in [6, 6.07) is 7.05. The van der Waals surface area contributed by atoms with Crippen LogP contribution < -0.4 is 0 Å². The van der Waals surface area contributed by atoms with Crippen molar-refractivity contribution in [1.82, 2.24) is 24.7 Å². The minimum Gasteiger partial charge on any atom is -0.274 e. The van der Waals surface area contributed by atoms with Crippen LogP contribution in [0.25, 0.3) is 4.96 Å². The van der Waals surface area contributed by atoms with Gasteiger partial charge in [-0.3, -0.25) is 14.5 Å². The molecule has 1 aromatic carbocycles. The van der Waals surface area contributed by atoms with Crippen LogP contribution in [0.15, 0.2) is 24.3 Å². The Hall–Kier alpha value is -2.61. The molecule has 164 valence electrons. The molecule has 1 aliphatic heterocycles. The van der Waals surface area contributed by atoms with E-state index in [-0.39, 0.29) is 17.2 Å². The van der Waals surface area contributed by atoms with Gasteiger partial charge in [0.2, 0.25) is 4.96 Å². The highest BCUT2D eigenvalue weighted by atomic mass is 32.1. The highest BCUT2D eigenvalue weighted by Gasteiger charge is 2.54. The van der Waals surface area contributed by atoms with E-state index in [1.807, 2.05) is 4.52 Å². The average molecular weight is 448 g/mol. The molecular formula is C24H25N5O2S. The van der Waals surface area contributed by atoms with Gasteiger partial charge in [0.15, 0.2) is 5.82 Å². The predicted octanol–water partition coefficient (Wildman–Crippen LogP) is 3.88. The number of benzene rings is 1. The summed E-state index contributed by atoms with van der Waals surface area (Å²) in [5, 5.41) is 15.0. The van der Waals surface area contributed by atoms with E-state index in [1.165, 1.54) is 43.4 Å². The Morgan fingerprint density at radius 3 is 2.19 bits per heavy atom. The number of nitrogens with zero attached hydrogens (tertiary/aromatic N) is 5. The number of fused-ring (bicyclic) bond motifs is 2. The van der Waals surface area contributed by atoms with Gasteiger partial charge in [-0.2, -0.15) is 9.61 Å². The Balaban J connectivity index is 1.08. The summed E-state index contributed by atoms with van der Waals surface area (Å²) in [6.45, 7) is 0.411. The monoisotopic (exact) mass is 447 g/mol. The normalized spacial score (nSPS) is 30.6. The fraction of sp³-hybridized carbons (Fsp3) is 0.542. The number of aryl methyl sites for hydroxylation is 1. The zero-order valence-electron chi connectivity index (χ0n) is 17.9. The summed E-state index contributed by atoms with van der Waals surface area (Å²) in [4.78, 5) is 27.4. The van der Waals surface area contributed by atoms with E-state index in [9.17, 15) is 9.59 Å². The maximum Gasteiger partial charge on any atom is 0.261 e. The molecule has 4 saturated carbocycles. The molecular weight excluding hydrogens is 422 g/mol. The Morgan fingerprint density at radius 2 is 1.56 bits per heavy atom. The van der Waals surface area contributed by atoms with Crippen molar-refractivity contribution in [1.29, 1.82) is 0 Å². The Labute approximate surface area is 189 Å². The van der Waals surface area contributed by atoms with Crippen LogP contribution in [-0.2, 0) is 11.8 Å². The molecule has 0 saturated heterocycles. The first-order valence-corrected chi connectivity index (χ1v) is 12.6. The van der Waals surface area contributed by atoms with Crippen LogP contribution in [0.2, 0.25) is 0 Å². The van der Waals surface area contributed by atoms with Crippen molar-refractivity contribution in [2.45, 2.75) is 56.8 Å². The fourth-order valence-electron chi connectivity index (χ4n) is 7.30. The molecule has 0 radical (unpaired) electrons. The number of rotatable bonds is 5. The molecule has 5 aliphatic rings. The Bertz CT molecular complexity index is 1190. The standard InChI is InChI=1S/C24H25N5O2S/c30-20-17-4-1-2-5-18(17)21(31)28(20)7-3-6-19-27-29-22(25-26-23(29)32-19)24-11-14-8-15(12-24)10-16(9-14)13-24/h1-2,4-5,14-16H,3,6-13H2. The number of imide groups is 1. The third-order valence-corrected chi connectivity index (χ3v) is 9.15. The zero-order valence-corrected chi connectivity index (χ0v) is 18.7. The molecule has 0 atom stereocenters. The number of hydrogen-bond acceptors (Lipinski definition) is 6. The van der Waals surface area contributed by atoms with E-state index < -0.39 is 0 Å². The largest absolute Gasteiger partial charge is 0.274 e. The molecule has 4 fully saturated rings. The number of carbonyl (C=O) groups excluding carboxylic acids is 2. The second-order valence-corrected chi connectivity index (χ2v) is 11.4. The van der Waals surface area contributed by atoms with Crippen molar-refractivity contribution in [2.75, 3.05) is 6.54 Å². The van der Waals surface area contributed by atoms with E-state index in [1.54, 1.807) is 35.6 Å². The summed E-state index contributed by atoms with van der Waals surface area (Å²) in [7, 11) is 0. The number of hydrogen-bond donors (Lipinski definition) is 0. The maximum absolute atomic E-state index is 12.6. The van der Waals surface area contributed by atoms with Crippen LogP contribution in [-0.4, -0.2) is 43.1 Å². The topological polar surface area (TPSA) is 80.5 Å². The number of aromatic nitrogens is 4. The number of amides is 2. The predicted molar refractivity (Wildman–Crippen MR) is 119 cm³/mol. The van der Waals surface area contributed by atoms with Gasteiger partial charge in [0.25, 0.3) is 11.8 Å². The Morgan fingerprint density at radius 1 is 0.938 bits per heavy atom. The molecule has 3 aromatic rings. The van der Waals surface area contributed by atoms with Crippen LogP contribution in [0, 0.1) is 17.8 Å². The van der Waals surface area contributed by atoms with Crippen LogP contribution in [0.4, 0.5) is 0 Å². The zero-order chi connectivity index (χ0) is 21.4. The average Bonchev–Trinajstić information content (AvgIpc) is 3.41. The van der Waals surface area contributed by atoms with Gasteiger partial charge in [0, 0.05) is 18.4 Å². The Kier molecular flexibility index (Phi) is 3.96. The molecule has 4 bridgehead atoms. The van der Waals surface area contributed by atoms with Crippen LogP contribution >= 0.6 is 11.3 Å². The highest BCUT2D eigenvalue weighted by molar-refractivity contribution is 7.16. The van der Waals surface area contributed by atoms with Gasteiger partial charge in [-0.15, -0.1) is 10.2 Å². The van der Waals surface area contributed by atoms with Crippen molar-refractivity contribution in [2.24, 2.45) is 17.8 Å². The fourth-order valence-corrected chi connectivity index (χ4v) is 8.18. The van der Waals surface area contributed by atoms with Crippen LogP contribution in [0.3, 0.4) is 0 Å². The molecule has 4 aliphatic carbocycles. The van der Waals surface area contributed by atoms with Crippen LogP contribution in [0.5, 0.6) is 0 Å². The van der Waals surface area contributed by atoms with Gasteiger partial charge in [-0.25, -0.2) is 0 Å². The molecule has 0 unspecified atom stereocenters. The summed E-state index contributed by atoms with van der Waals surface area (Å²) in [5.74, 6) is 3.26. The van der Waals surface area contributed by atoms with Crippen molar-refractivity contribution < 1.29 is 9.59 Å². The summed E-state index contributed by atoms with van der Waals surface area (Å²) in [5.41, 5.74) is 1.19. The second kappa shape index (κ2) is 6.70. The van der Waals surface area contributed by atoms with Crippen LogP contribution in [0.1, 0.15) is 76.5 Å². The minimum absolute atomic E-state index is 0.166. The second-order valence-electron chi connectivity index (χ2n) is 10.3. The van der Waals surface area contributed by atoms with E-state index in [2.05, 4.69) is 10.2 Å². The van der Waals surface area contributed by atoms with Gasteiger partial charge in [0.1, 0.15) is 5.01 Å². The minimum atomic E-state index is -0.187. The lowest BCUT2D eigenvalue weighted by molar-refractivity contribution is -0.0103. The maximum atomic E-state index is 12.6. The van der Waals surface area contributed by atoms with Crippen molar-refractivity contribution in [3.63, 3.8) is 0 Å². The molecule has 0 N–H and O–H groups in total. The lowest BCUT2D eigenvalue weighted by Gasteiger charge is -2.55. The molecule has 0 spiro atoms. The summed E-state index contributed by atoms with van der Waals surface area (Å²) >= 11 is 1.58. The molecule has 7 nitrogen and oxygen atoms in total. The molecule has 8 rings (SSSR count). The molecule has 32 heavy (non-hydrogen) atoms. The first-order chi connectivity index (χ1) is 15.6. The molecule has 3 heterocycles. The SMILES string of the molecule is O=C1c2ccccc2C(=O)N1CCCc1nn2c(C34CC5CC(CC(C5)C3)C4)nnc2s1. The van der Waals surface area contributed by atoms with Crippen molar-refractivity contribution in [3.8, 4) is 0 Å². The van der Waals surface area contributed by atoms with Gasteiger partial charge in [-0.05, 0) is 74.8 Å². The van der Waals surface area contributed by atoms with Gasteiger partial charge >= 0.3 is 0 Å². The van der Waals surface area contributed by atoms with Gasteiger partial charge in [-0.1, -0.05) is 23.5 Å². The first kappa shape index (κ1) is 18.9. The summed E-state index contributed by atoms with van der Waals surface area (Å²) < 4.78 is 2.01. The smallest absolute Gasteiger partial charge is 0.261 e. The highest BCUT2D eigenvalue weighted by Crippen LogP contribution is 2.60. The molecule has 2 amide bonds. The molecule has 2 aromatic heterocycles. The van der Waals surface area contributed by atoms with E-state index in [0.29, 0.717) is 24.1 Å². The van der Waals surface area contributed by atoms with Gasteiger partial charge < -0.3 is 0 Å². The van der Waals surface area contributed by atoms with Gasteiger partial charge in [0.05, 0.1) is 11.1 Å².